The van der Waals surface area contributed by atoms with Crippen LogP contribution in [0.2, 0.25) is 0 Å². The van der Waals surface area contributed by atoms with E-state index in [-0.39, 0.29) is 23.4 Å². The van der Waals surface area contributed by atoms with Crippen molar-refractivity contribution in [1.82, 2.24) is 10.6 Å². The number of benzene rings is 1. The van der Waals surface area contributed by atoms with Crippen LogP contribution in [0, 0.1) is 11.7 Å². The number of hydrogen-bond donors (Lipinski definition) is 2. The minimum atomic E-state index is -0.550. The molecule has 0 radical (unpaired) electrons. The second-order valence-corrected chi connectivity index (χ2v) is 5.50. The molecule has 2 aliphatic rings. The van der Waals surface area contributed by atoms with E-state index in [2.05, 4.69) is 10.6 Å². The number of nitrogens with one attached hydrogen (secondary N) is 2. The molecular weight excluding hydrogens is 273 g/mol. The maximum Gasteiger partial charge on any atom is 0.249 e. The largest absolute Gasteiger partial charge is 0.344 e. The Morgan fingerprint density at radius 1 is 1.33 bits per heavy atom. The molecule has 5 nitrogen and oxygen atoms in total. The molecule has 2 heterocycles. The number of anilines is 1. The Kier molecular flexibility index (Phi) is 3.88. The zero-order valence-corrected chi connectivity index (χ0v) is 11.6. The van der Waals surface area contributed by atoms with Crippen molar-refractivity contribution in [3.05, 3.63) is 30.1 Å². The van der Waals surface area contributed by atoms with E-state index in [0.29, 0.717) is 26.1 Å². The van der Waals surface area contributed by atoms with E-state index < -0.39 is 11.9 Å². The van der Waals surface area contributed by atoms with Crippen molar-refractivity contribution < 1.29 is 14.0 Å². The average molecular weight is 291 g/mol. The van der Waals surface area contributed by atoms with Gasteiger partial charge in [0.15, 0.2) is 0 Å². The predicted octanol–water partition coefficient (Wildman–Crippen LogP) is 0.657. The molecule has 0 bridgehead atoms. The van der Waals surface area contributed by atoms with E-state index in [4.69, 9.17) is 0 Å². The van der Waals surface area contributed by atoms with Gasteiger partial charge in [-0.1, -0.05) is 12.1 Å². The molecule has 112 valence electrons. The molecule has 6 heteroatoms. The van der Waals surface area contributed by atoms with Crippen molar-refractivity contribution in [3.8, 4) is 0 Å². The van der Waals surface area contributed by atoms with Crippen molar-refractivity contribution in [2.45, 2.75) is 18.9 Å². The maximum atomic E-state index is 13.8. The Hall–Kier alpha value is -1.95. The van der Waals surface area contributed by atoms with Crippen LogP contribution in [0.5, 0.6) is 0 Å². The topological polar surface area (TPSA) is 61.4 Å². The number of piperidine rings is 1. The molecule has 2 aliphatic heterocycles. The molecule has 21 heavy (non-hydrogen) atoms. The summed E-state index contributed by atoms with van der Waals surface area (Å²) < 4.78 is 13.8. The minimum absolute atomic E-state index is 0.0540. The van der Waals surface area contributed by atoms with Gasteiger partial charge in [0.25, 0.3) is 0 Å². The van der Waals surface area contributed by atoms with Crippen LogP contribution in [-0.4, -0.2) is 37.5 Å². The van der Waals surface area contributed by atoms with E-state index in [0.717, 1.165) is 6.42 Å². The third kappa shape index (κ3) is 2.76. The highest BCUT2D eigenvalue weighted by molar-refractivity contribution is 6.00. The summed E-state index contributed by atoms with van der Waals surface area (Å²) in [4.78, 5) is 25.9. The Morgan fingerprint density at radius 2 is 2.10 bits per heavy atom. The van der Waals surface area contributed by atoms with Crippen LogP contribution in [0.25, 0.3) is 0 Å². The fraction of sp³-hybridized carbons (Fsp3) is 0.467. The fourth-order valence-electron chi connectivity index (χ4n) is 2.68. The van der Waals surface area contributed by atoms with Gasteiger partial charge in [-0.2, -0.15) is 0 Å². The number of carbonyl (C=O) groups excluding carboxylic acids is 2. The minimum Gasteiger partial charge on any atom is -0.344 e. The van der Waals surface area contributed by atoms with E-state index in [1.807, 2.05) is 0 Å². The molecule has 2 fully saturated rings. The lowest BCUT2D eigenvalue weighted by atomic mass is 9.99. The summed E-state index contributed by atoms with van der Waals surface area (Å²) >= 11 is 0. The van der Waals surface area contributed by atoms with Crippen molar-refractivity contribution in [3.63, 3.8) is 0 Å². The maximum absolute atomic E-state index is 13.8. The number of nitrogens with zero attached hydrogens (tertiary/aromatic N) is 1. The lowest BCUT2D eigenvalue weighted by molar-refractivity contribution is -0.131. The standard InChI is InChI=1S/C15H18FN3O2/c16-11-4-1-2-6-13(11)19-7-3-5-12(15(19)21)18-14(20)10-8-17-9-10/h1-2,4,6,10,12,17H,3,5,7-9H2,(H,18,20). The number of halogens is 1. The zero-order valence-electron chi connectivity index (χ0n) is 11.6. The van der Waals surface area contributed by atoms with Crippen molar-refractivity contribution in [2.24, 2.45) is 5.92 Å². The SMILES string of the molecule is O=C(NC1CCCN(c2ccccc2F)C1=O)C1CNC1. The van der Waals surface area contributed by atoms with Gasteiger partial charge >= 0.3 is 0 Å². The first kappa shape index (κ1) is 14.0. The Labute approximate surface area is 122 Å². The first-order valence-electron chi connectivity index (χ1n) is 7.24. The van der Waals surface area contributed by atoms with Crippen molar-refractivity contribution in [1.29, 1.82) is 0 Å². The highest BCUT2D eigenvalue weighted by atomic mass is 19.1. The predicted molar refractivity (Wildman–Crippen MR) is 76.3 cm³/mol. The summed E-state index contributed by atoms with van der Waals surface area (Å²) in [7, 11) is 0. The smallest absolute Gasteiger partial charge is 0.249 e. The third-order valence-electron chi connectivity index (χ3n) is 4.05. The number of hydrogen-bond acceptors (Lipinski definition) is 3. The van der Waals surface area contributed by atoms with Gasteiger partial charge in [0.05, 0.1) is 11.6 Å². The van der Waals surface area contributed by atoms with Gasteiger partial charge in [0.2, 0.25) is 11.8 Å². The Morgan fingerprint density at radius 3 is 2.76 bits per heavy atom. The van der Waals surface area contributed by atoms with Gasteiger partial charge < -0.3 is 15.5 Å². The quantitative estimate of drug-likeness (QED) is 0.860. The monoisotopic (exact) mass is 291 g/mol. The highest BCUT2D eigenvalue weighted by Gasteiger charge is 2.34. The average Bonchev–Trinajstić information content (AvgIpc) is 2.40. The summed E-state index contributed by atoms with van der Waals surface area (Å²) in [5.41, 5.74) is 0.284. The summed E-state index contributed by atoms with van der Waals surface area (Å²) in [6.07, 6.45) is 1.35. The number of amides is 2. The molecular formula is C15H18FN3O2. The molecule has 1 aromatic rings. The molecule has 0 saturated carbocycles. The van der Waals surface area contributed by atoms with Crippen LogP contribution in [-0.2, 0) is 9.59 Å². The Bertz CT molecular complexity index is 560. The van der Waals surface area contributed by atoms with Gasteiger partial charge in [0, 0.05) is 19.6 Å². The van der Waals surface area contributed by atoms with Gasteiger partial charge in [-0.15, -0.1) is 0 Å². The van der Waals surface area contributed by atoms with Gasteiger partial charge in [-0.3, -0.25) is 9.59 Å². The third-order valence-corrected chi connectivity index (χ3v) is 4.05. The number of rotatable bonds is 3. The van der Waals surface area contributed by atoms with Crippen molar-refractivity contribution >= 4 is 17.5 Å². The summed E-state index contributed by atoms with van der Waals surface area (Å²) in [5, 5.41) is 5.82. The summed E-state index contributed by atoms with van der Waals surface area (Å²) in [6, 6.07) is 5.67. The lowest BCUT2D eigenvalue weighted by Gasteiger charge is -2.34. The van der Waals surface area contributed by atoms with E-state index in [9.17, 15) is 14.0 Å². The lowest BCUT2D eigenvalue weighted by Crippen LogP contribution is -2.57. The van der Waals surface area contributed by atoms with Gasteiger partial charge in [-0.25, -0.2) is 4.39 Å². The fourth-order valence-corrected chi connectivity index (χ4v) is 2.68. The normalized spacial score (nSPS) is 22.8. The second kappa shape index (κ2) is 5.81. The van der Waals surface area contributed by atoms with Gasteiger partial charge in [-0.05, 0) is 25.0 Å². The summed E-state index contributed by atoms with van der Waals surface area (Å²) in [5.74, 6) is -0.794. The molecule has 1 aromatic carbocycles. The second-order valence-electron chi connectivity index (χ2n) is 5.50. The van der Waals surface area contributed by atoms with E-state index in [1.54, 1.807) is 18.2 Å². The molecule has 0 aliphatic carbocycles. The van der Waals surface area contributed by atoms with Crippen LogP contribution in [0.3, 0.4) is 0 Å². The van der Waals surface area contributed by atoms with Crippen LogP contribution in [0.15, 0.2) is 24.3 Å². The van der Waals surface area contributed by atoms with Gasteiger partial charge in [0.1, 0.15) is 11.9 Å². The van der Waals surface area contributed by atoms with Crippen molar-refractivity contribution in [2.75, 3.05) is 24.5 Å². The zero-order chi connectivity index (χ0) is 14.8. The molecule has 2 N–H and O–H groups in total. The molecule has 0 spiro atoms. The first-order chi connectivity index (χ1) is 10.2. The first-order valence-corrected chi connectivity index (χ1v) is 7.24. The van der Waals surface area contributed by atoms with E-state index >= 15 is 0 Å². The molecule has 1 atom stereocenters. The van der Waals surface area contributed by atoms with Crippen LogP contribution < -0.4 is 15.5 Å². The highest BCUT2D eigenvalue weighted by Crippen LogP contribution is 2.24. The molecule has 1 unspecified atom stereocenters. The molecule has 0 aromatic heterocycles. The van der Waals surface area contributed by atoms with E-state index in [1.165, 1.54) is 11.0 Å². The molecule has 2 saturated heterocycles. The number of para-hydroxylation sites is 1. The summed E-state index contributed by atoms with van der Waals surface area (Å²) in [6.45, 7) is 1.80. The number of carbonyl (C=O) groups is 2. The van der Waals surface area contributed by atoms with Crippen LogP contribution in [0.4, 0.5) is 10.1 Å². The van der Waals surface area contributed by atoms with Crippen LogP contribution in [0.1, 0.15) is 12.8 Å². The molecule has 2 amide bonds. The Balaban J connectivity index is 1.71. The molecule has 3 rings (SSSR count). The van der Waals surface area contributed by atoms with Crippen LogP contribution >= 0.6 is 0 Å².